The zero-order chi connectivity index (χ0) is 18.9. The molecule has 25 heavy (non-hydrogen) atoms. The molecule has 0 aliphatic rings. The van der Waals surface area contributed by atoms with Gasteiger partial charge < -0.3 is 10.2 Å². The van der Waals surface area contributed by atoms with Gasteiger partial charge in [-0.1, -0.05) is 32.9 Å². The molecule has 0 aliphatic heterocycles. The first-order valence-corrected chi connectivity index (χ1v) is 7.88. The van der Waals surface area contributed by atoms with Crippen LogP contribution in [0.15, 0.2) is 28.7 Å². The molecule has 1 aromatic heterocycles. The third-order valence-corrected chi connectivity index (χ3v) is 3.92. The molecule has 0 spiro atoms. The number of primary amides is 1. The summed E-state index contributed by atoms with van der Waals surface area (Å²) in [4.78, 5) is 35.8. The fraction of sp³-hybridized carbons (Fsp3) is 0.316. The van der Waals surface area contributed by atoms with Crippen molar-refractivity contribution in [1.82, 2.24) is 0 Å². The Morgan fingerprint density at radius 2 is 1.60 bits per heavy atom. The maximum absolute atomic E-state index is 12.4. The van der Waals surface area contributed by atoms with Gasteiger partial charge in [0.15, 0.2) is 5.78 Å². The Labute approximate surface area is 146 Å². The first-order valence-electron chi connectivity index (χ1n) is 7.88. The summed E-state index contributed by atoms with van der Waals surface area (Å²) < 4.78 is 5.38. The monoisotopic (exact) mass is 342 g/mol. The first-order chi connectivity index (χ1) is 11.5. The van der Waals surface area contributed by atoms with Crippen LogP contribution in [0.3, 0.4) is 0 Å². The number of amides is 2. The molecule has 2 aromatic rings. The van der Waals surface area contributed by atoms with E-state index in [0.717, 1.165) is 5.56 Å². The van der Waals surface area contributed by atoms with Crippen molar-refractivity contribution in [2.45, 2.75) is 40.0 Å². The van der Waals surface area contributed by atoms with E-state index in [1.54, 1.807) is 12.1 Å². The van der Waals surface area contributed by atoms with Crippen molar-refractivity contribution in [2.24, 2.45) is 5.73 Å². The van der Waals surface area contributed by atoms with Gasteiger partial charge in [0.05, 0.1) is 5.56 Å². The highest BCUT2D eigenvalue weighted by molar-refractivity contribution is 6.13. The topological polar surface area (TPSA) is 102 Å². The largest absolute Gasteiger partial charge is 0.444 e. The predicted octanol–water partition coefficient (Wildman–Crippen LogP) is 3.44. The molecule has 0 saturated heterocycles. The molecular weight excluding hydrogens is 320 g/mol. The zero-order valence-corrected chi connectivity index (χ0v) is 15.0. The maximum atomic E-state index is 12.4. The van der Waals surface area contributed by atoms with Crippen LogP contribution < -0.4 is 11.1 Å². The highest BCUT2D eigenvalue weighted by atomic mass is 16.4. The molecule has 1 heterocycles. The lowest BCUT2D eigenvalue weighted by Gasteiger charge is -2.19. The van der Waals surface area contributed by atoms with Crippen LogP contribution in [0.4, 0.5) is 5.88 Å². The number of nitrogens with two attached hydrogens (primary N) is 1. The van der Waals surface area contributed by atoms with E-state index in [-0.39, 0.29) is 34.0 Å². The lowest BCUT2D eigenvalue weighted by Crippen LogP contribution is -2.19. The van der Waals surface area contributed by atoms with Gasteiger partial charge in [-0.25, -0.2) is 0 Å². The number of hydrogen-bond acceptors (Lipinski definition) is 4. The number of aryl methyl sites for hydroxylation is 1. The Bertz CT molecular complexity index is 840. The second kappa shape index (κ2) is 6.55. The Kier molecular flexibility index (Phi) is 4.83. The molecule has 6 heteroatoms. The summed E-state index contributed by atoms with van der Waals surface area (Å²) in [6.07, 6.45) is 0. The van der Waals surface area contributed by atoms with E-state index in [0.29, 0.717) is 5.56 Å². The zero-order valence-electron chi connectivity index (χ0n) is 15.0. The van der Waals surface area contributed by atoms with E-state index in [2.05, 4.69) is 26.1 Å². The van der Waals surface area contributed by atoms with Crippen LogP contribution in [0.2, 0.25) is 0 Å². The lowest BCUT2D eigenvalue weighted by molar-refractivity contribution is 0.0974. The van der Waals surface area contributed by atoms with Crippen LogP contribution in [0.5, 0.6) is 0 Å². The van der Waals surface area contributed by atoms with Gasteiger partial charge in [-0.2, -0.15) is 0 Å². The molecule has 0 radical (unpaired) electrons. The number of nitrogens with one attached hydrogen (secondary N) is 1. The van der Waals surface area contributed by atoms with E-state index < -0.39 is 11.8 Å². The number of furan rings is 1. The summed E-state index contributed by atoms with van der Waals surface area (Å²) in [7, 11) is 0. The summed E-state index contributed by atoms with van der Waals surface area (Å²) >= 11 is 0. The number of anilines is 1. The molecule has 0 aliphatic carbocycles. The van der Waals surface area contributed by atoms with E-state index in [4.69, 9.17) is 10.2 Å². The number of benzene rings is 1. The van der Waals surface area contributed by atoms with Crippen LogP contribution in [0.25, 0.3) is 0 Å². The number of ketones is 1. The number of hydrogen-bond donors (Lipinski definition) is 2. The maximum Gasteiger partial charge on any atom is 0.257 e. The Morgan fingerprint density at radius 3 is 2.04 bits per heavy atom. The van der Waals surface area contributed by atoms with Gasteiger partial charge in [-0.3, -0.25) is 19.7 Å². The summed E-state index contributed by atoms with van der Waals surface area (Å²) in [5.41, 5.74) is 6.80. The van der Waals surface area contributed by atoms with Crippen LogP contribution in [-0.4, -0.2) is 17.6 Å². The van der Waals surface area contributed by atoms with Gasteiger partial charge >= 0.3 is 0 Å². The van der Waals surface area contributed by atoms with Crippen LogP contribution >= 0.6 is 0 Å². The molecule has 2 rings (SSSR count). The van der Waals surface area contributed by atoms with Gasteiger partial charge in [0, 0.05) is 5.56 Å². The van der Waals surface area contributed by atoms with E-state index in [9.17, 15) is 14.4 Å². The van der Waals surface area contributed by atoms with Crippen molar-refractivity contribution in [1.29, 1.82) is 0 Å². The predicted molar refractivity (Wildman–Crippen MR) is 95.1 cm³/mol. The third-order valence-electron chi connectivity index (χ3n) is 3.92. The number of Topliss-reactive ketones (excluding diaryl/α,β-unsaturated/α-hetero) is 1. The van der Waals surface area contributed by atoms with Gasteiger partial charge in [-0.05, 0) is 37.0 Å². The average molecular weight is 342 g/mol. The molecule has 0 bridgehead atoms. The Balaban J connectivity index is 2.34. The average Bonchev–Trinajstić information content (AvgIpc) is 2.83. The molecule has 2 amide bonds. The molecular formula is C19H22N2O4. The first kappa shape index (κ1) is 18.4. The highest BCUT2D eigenvalue weighted by Gasteiger charge is 2.26. The van der Waals surface area contributed by atoms with E-state index in [1.165, 1.54) is 13.8 Å². The Hall–Kier alpha value is -2.89. The van der Waals surface area contributed by atoms with E-state index in [1.807, 2.05) is 12.1 Å². The van der Waals surface area contributed by atoms with Crippen molar-refractivity contribution in [3.05, 3.63) is 52.3 Å². The SMILES string of the molecule is CC(=O)c1c(C)oc(NC(=O)c2ccc(C(C)(C)C)cc2)c1C(N)=O. The van der Waals surface area contributed by atoms with Crippen molar-refractivity contribution in [2.75, 3.05) is 5.32 Å². The van der Waals surface area contributed by atoms with Crippen molar-refractivity contribution in [3.63, 3.8) is 0 Å². The van der Waals surface area contributed by atoms with Gasteiger partial charge in [-0.15, -0.1) is 0 Å². The molecule has 0 saturated carbocycles. The molecule has 3 N–H and O–H groups in total. The minimum Gasteiger partial charge on any atom is -0.444 e. The van der Waals surface area contributed by atoms with Crippen molar-refractivity contribution in [3.8, 4) is 0 Å². The smallest absolute Gasteiger partial charge is 0.257 e. The summed E-state index contributed by atoms with van der Waals surface area (Å²) in [5, 5.41) is 2.52. The van der Waals surface area contributed by atoms with Crippen LogP contribution in [0.1, 0.15) is 70.1 Å². The minimum absolute atomic E-state index is 0.0251. The van der Waals surface area contributed by atoms with Gasteiger partial charge in [0.2, 0.25) is 5.88 Å². The summed E-state index contributed by atoms with van der Waals surface area (Å²) in [6.45, 7) is 9.08. The molecule has 132 valence electrons. The molecule has 0 atom stereocenters. The minimum atomic E-state index is -0.833. The van der Waals surface area contributed by atoms with Gasteiger partial charge in [0.1, 0.15) is 11.3 Å². The standard InChI is InChI=1S/C19H22N2O4/c1-10(22)14-11(2)25-18(15(14)16(20)23)21-17(24)12-6-8-13(9-7-12)19(3,4)5/h6-9H,1-5H3,(H2,20,23)(H,21,24). The fourth-order valence-electron chi connectivity index (χ4n) is 2.59. The van der Waals surface area contributed by atoms with Crippen molar-refractivity contribution >= 4 is 23.5 Å². The quantitative estimate of drug-likeness (QED) is 0.831. The van der Waals surface area contributed by atoms with E-state index >= 15 is 0 Å². The Morgan fingerprint density at radius 1 is 1.04 bits per heavy atom. The number of carbonyl (C=O) groups excluding carboxylic acids is 3. The molecule has 0 unspecified atom stereocenters. The summed E-state index contributed by atoms with van der Waals surface area (Å²) in [5.74, 6) is -1.52. The van der Waals surface area contributed by atoms with Gasteiger partial charge in [0.25, 0.3) is 11.8 Å². The second-order valence-corrected chi connectivity index (χ2v) is 6.94. The molecule has 6 nitrogen and oxygen atoms in total. The van der Waals surface area contributed by atoms with Crippen molar-refractivity contribution < 1.29 is 18.8 Å². The highest BCUT2D eigenvalue weighted by Crippen LogP contribution is 2.28. The van der Waals surface area contributed by atoms with Crippen LogP contribution in [-0.2, 0) is 5.41 Å². The molecule has 0 fully saturated rings. The molecule has 1 aromatic carbocycles. The normalized spacial score (nSPS) is 11.2. The third kappa shape index (κ3) is 3.79. The number of carbonyl (C=O) groups is 3. The fourth-order valence-corrected chi connectivity index (χ4v) is 2.59. The lowest BCUT2D eigenvalue weighted by atomic mass is 9.87. The summed E-state index contributed by atoms with van der Waals surface area (Å²) in [6, 6.07) is 7.14. The van der Waals surface area contributed by atoms with Crippen LogP contribution in [0, 0.1) is 6.92 Å². The second-order valence-electron chi connectivity index (χ2n) is 6.94. The number of rotatable bonds is 4.